The maximum Gasteiger partial charge on any atom is 0.136 e. The molecule has 1 heterocycles. The molecular weight excluding hydrogens is 631 g/mol. The highest BCUT2D eigenvalue weighted by Crippen LogP contribution is 2.47. The average Bonchev–Trinajstić information content (AvgIpc) is 3.61. The van der Waals surface area contributed by atoms with Crippen LogP contribution in [-0.4, -0.2) is 0 Å². The van der Waals surface area contributed by atoms with Crippen LogP contribution in [-0.2, 0) is 0 Å². The fourth-order valence-corrected chi connectivity index (χ4v) is 8.86. The number of furan rings is 1. The van der Waals surface area contributed by atoms with E-state index in [-0.39, 0.29) is 0 Å². The summed E-state index contributed by atoms with van der Waals surface area (Å²) in [6.07, 6.45) is 6.52. The molecule has 0 spiro atoms. The minimum Gasteiger partial charge on any atom is -0.456 e. The van der Waals surface area contributed by atoms with Crippen molar-refractivity contribution in [2.75, 3.05) is 4.90 Å². The molecule has 2 nitrogen and oxygen atoms in total. The maximum absolute atomic E-state index is 6.26. The van der Waals surface area contributed by atoms with Crippen LogP contribution in [0.2, 0.25) is 0 Å². The second-order valence-corrected chi connectivity index (χ2v) is 14.3. The lowest BCUT2D eigenvalue weighted by Crippen LogP contribution is -2.12. The highest BCUT2D eigenvalue weighted by atomic mass is 16.3. The number of para-hydroxylation sites is 2. The van der Waals surface area contributed by atoms with Gasteiger partial charge in [0.1, 0.15) is 11.2 Å². The molecule has 0 saturated heterocycles. The molecule has 9 aromatic rings. The third-order valence-electron chi connectivity index (χ3n) is 11.3. The smallest absolute Gasteiger partial charge is 0.136 e. The van der Waals surface area contributed by atoms with Gasteiger partial charge in [0.2, 0.25) is 0 Å². The highest BCUT2D eigenvalue weighted by molar-refractivity contribution is 6.12. The molecule has 2 heteroatoms. The minimum absolute atomic E-state index is 0.601. The van der Waals surface area contributed by atoms with Gasteiger partial charge in [-0.15, -0.1) is 0 Å². The van der Waals surface area contributed by atoms with Crippen LogP contribution in [0.1, 0.15) is 43.6 Å². The zero-order chi connectivity index (χ0) is 34.4. The molecule has 0 atom stereocenters. The van der Waals surface area contributed by atoms with Gasteiger partial charge < -0.3 is 9.32 Å². The zero-order valence-corrected chi connectivity index (χ0v) is 29.1. The molecule has 0 unspecified atom stereocenters. The first-order chi connectivity index (χ1) is 25.8. The number of rotatable bonds is 6. The van der Waals surface area contributed by atoms with Gasteiger partial charge in [-0.25, -0.2) is 0 Å². The molecule has 1 fully saturated rings. The van der Waals surface area contributed by atoms with Crippen molar-refractivity contribution in [2.24, 2.45) is 0 Å². The first-order valence-electron chi connectivity index (χ1n) is 18.7. The molecule has 0 radical (unpaired) electrons. The Hall–Kier alpha value is -6.12. The second kappa shape index (κ2) is 12.9. The van der Waals surface area contributed by atoms with Gasteiger partial charge in [-0.05, 0) is 93.6 Å². The number of hydrogen-bond acceptors (Lipinski definition) is 2. The summed E-state index contributed by atoms with van der Waals surface area (Å²) in [4.78, 5) is 2.47. The van der Waals surface area contributed by atoms with Crippen LogP contribution < -0.4 is 4.90 Å². The summed E-state index contributed by atoms with van der Waals surface area (Å²) in [7, 11) is 0. The van der Waals surface area contributed by atoms with E-state index in [1.807, 2.05) is 6.07 Å². The van der Waals surface area contributed by atoms with Crippen LogP contribution in [0.5, 0.6) is 0 Å². The molecule has 1 aliphatic carbocycles. The monoisotopic (exact) mass is 669 g/mol. The normalized spacial score (nSPS) is 13.7. The summed E-state index contributed by atoms with van der Waals surface area (Å²) >= 11 is 0. The van der Waals surface area contributed by atoms with Crippen LogP contribution in [0.4, 0.5) is 17.1 Å². The summed E-state index contributed by atoms with van der Waals surface area (Å²) in [6, 6.07) is 62.0. The second-order valence-electron chi connectivity index (χ2n) is 14.3. The molecular formula is C50H39NO. The number of hydrogen-bond donors (Lipinski definition) is 0. The van der Waals surface area contributed by atoms with Gasteiger partial charge in [0, 0.05) is 27.4 Å². The van der Waals surface area contributed by atoms with E-state index in [9.17, 15) is 0 Å². The van der Waals surface area contributed by atoms with Crippen LogP contribution in [0.25, 0.3) is 65.7 Å². The molecule has 250 valence electrons. The van der Waals surface area contributed by atoms with Crippen molar-refractivity contribution in [3.05, 3.63) is 175 Å². The van der Waals surface area contributed by atoms with Gasteiger partial charge in [0.15, 0.2) is 0 Å². The van der Waals surface area contributed by atoms with E-state index in [0.717, 1.165) is 33.3 Å². The Bertz CT molecular complexity index is 2720. The van der Waals surface area contributed by atoms with Crippen molar-refractivity contribution in [3.63, 3.8) is 0 Å². The predicted molar refractivity (Wildman–Crippen MR) is 220 cm³/mol. The molecule has 8 aromatic carbocycles. The van der Waals surface area contributed by atoms with Gasteiger partial charge >= 0.3 is 0 Å². The van der Waals surface area contributed by atoms with E-state index in [2.05, 4.69) is 169 Å². The predicted octanol–water partition coefficient (Wildman–Crippen LogP) is 14.7. The Kier molecular flexibility index (Phi) is 7.61. The lowest BCUT2D eigenvalue weighted by Gasteiger charge is -2.30. The average molecular weight is 670 g/mol. The van der Waals surface area contributed by atoms with Crippen LogP contribution >= 0.6 is 0 Å². The van der Waals surface area contributed by atoms with Gasteiger partial charge in [-0.3, -0.25) is 0 Å². The van der Waals surface area contributed by atoms with E-state index in [4.69, 9.17) is 4.42 Å². The Balaban J connectivity index is 1.18. The lowest BCUT2D eigenvalue weighted by molar-refractivity contribution is 0.445. The standard InChI is InChI=1S/C50H39NO/c1-2-14-35(15-3-1)40-23-10-18-37-19-11-25-43(49(37)40)42-21-6-8-26-46(42)51(45-27-12-17-34-16-4-5-20-39(34)45)38-32-30-36(31-33-38)41-24-13-29-48-50(41)44-22-7-9-28-47(44)52-48/h4-13,16-33,35H,1-3,14-15H2. The molecule has 1 aromatic heterocycles. The molecule has 52 heavy (non-hydrogen) atoms. The van der Waals surface area contributed by atoms with Crippen LogP contribution in [0.3, 0.4) is 0 Å². The third kappa shape index (κ3) is 5.17. The summed E-state index contributed by atoms with van der Waals surface area (Å²) in [6.45, 7) is 0. The number of benzene rings is 8. The van der Waals surface area contributed by atoms with Crippen molar-refractivity contribution in [3.8, 4) is 22.3 Å². The Morgan fingerprint density at radius 2 is 1.04 bits per heavy atom. The van der Waals surface area contributed by atoms with Crippen molar-refractivity contribution in [2.45, 2.75) is 38.0 Å². The molecule has 10 rings (SSSR count). The highest BCUT2D eigenvalue weighted by Gasteiger charge is 2.23. The number of fused-ring (bicyclic) bond motifs is 5. The van der Waals surface area contributed by atoms with Gasteiger partial charge in [-0.1, -0.05) is 153 Å². The van der Waals surface area contributed by atoms with E-state index in [1.165, 1.54) is 87.2 Å². The zero-order valence-electron chi connectivity index (χ0n) is 29.1. The summed E-state index contributed by atoms with van der Waals surface area (Å²) in [5.41, 5.74) is 11.7. The summed E-state index contributed by atoms with van der Waals surface area (Å²) in [5.74, 6) is 0.601. The number of nitrogens with zero attached hydrogens (tertiary/aromatic N) is 1. The van der Waals surface area contributed by atoms with Crippen LogP contribution in [0, 0.1) is 0 Å². The Labute approximate surface area is 304 Å². The molecule has 0 amide bonds. The molecule has 0 bridgehead atoms. The van der Waals surface area contributed by atoms with Crippen molar-refractivity contribution < 1.29 is 4.42 Å². The first kappa shape index (κ1) is 30.7. The van der Waals surface area contributed by atoms with E-state index in [0.29, 0.717) is 5.92 Å². The lowest BCUT2D eigenvalue weighted by atomic mass is 9.80. The Morgan fingerprint density at radius 3 is 1.92 bits per heavy atom. The van der Waals surface area contributed by atoms with Crippen LogP contribution in [0.15, 0.2) is 174 Å². The third-order valence-corrected chi connectivity index (χ3v) is 11.3. The summed E-state index contributed by atoms with van der Waals surface area (Å²) < 4.78 is 6.26. The van der Waals surface area contributed by atoms with Crippen molar-refractivity contribution in [1.82, 2.24) is 0 Å². The maximum atomic E-state index is 6.26. The van der Waals surface area contributed by atoms with Gasteiger partial charge in [0.25, 0.3) is 0 Å². The number of anilines is 3. The fourth-order valence-electron chi connectivity index (χ4n) is 8.86. The van der Waals surface area contributed by atoms with Gasteiger partial charge in [0.05, 0.1) is 11.4 Å². The largest absolute Gasteiger partial charge is 0.456 e. The fraction of sp³-hybridized carbons (Fsp3) is 0.120. The molecule has 1 aliphatic rings. The quantitative estimate of drug-likeness (QED) is 0.175. The molecule has 1 saturated carbocycles. The first-order valence-corrected chi connectivity index (χ1v) is 18.7. The summed E-state index contributed by atoms with van der Waals surface area (Å²) in [5, 5.41) is 7.47. The SMILES string of the molecule is c1ccc(N(c2ccc(-c3cccc4oc5ccccc5c34)cc2)c2cccc3ccccc23)c(-c2cccc3cccc(C4CCCCC4)c23)c1. The van der Waals surface area contributed by atoms with Gasteiger partial charge in [-0.2, -0.15) is 0 Å². The minimum atomic E-state index is 0.601. The van der Waals surface area contributed by atoms with Crippen molar-refractivity contribution in [1.29, 1.82) is 0 Å². The topological polar surface area (TPSA) is 16.4 Å². The molecule has 0 N–H and O–H groups in total. The van der Waals surface area contributed by atoms with E-state index >= 15 is 0 Å². The molecule has 0 aliphatic heterocycles. The Morgan fingerprint density at radius 1 is 0.423 bits per heavy atom. The van der Waals surface area contributed by atoms with Crippen molar-refractivity contribution >= 4 is 60.5 Å². The van der Waals surface area contributed by atoms with E-state index < -0.39 is 0 Å². The van der Waals surface area contributed by atoms with E-state index in [1.54, 1.807) is 0 Å².